The molecule has 0 saturated carbocycles. The van der Waals surface area contributed by atoms with Gasteiger partial charge < -0.3 is 19.0 Å². The maximum atomic E-state index is 12.8. The molecule has 0 radical (unpaired) electrons. The second kappa shape index (κ2) is 9.89. The van der Waals surface area contributed by atoms with E-state index in [4.69, 9.17) is 9.15 Å². The SMILES string of the molecule is CCC(=O)N1CCC(c2nnc(C3CCCCN3C(=O)COc3ccccn3)o2)CC1. The molecule has 1 unspecified atom stereocenters. The number of aromatic nitrogens is 3. The summed E-state index contributed by atoms with van der Waals surface area (Å²) >= 11 is 0. The minimum atomic E-state index is -0.225. The van der Waals surface area contributed by atoms with Crippen molar-refractivity contribution in [1.29, 1.82) is 0 Å². The summed E-state index contributed by atoms with van der Waals surface area (Å²) in [6, 6.07) is 5.12. The van der Waals surface area contributed by atoms with E-state index in [1.807, 2.05) is 17.9 Å². The Kier molecular flexibility index (Phi) is 6.79. The molecule has 4 rings (SSSR count). The van der Waals surface area contributed by atoms with Crippen molar-refractivity contribution in [1.82, 2.24) is 25.0 Å². The van der Waals surface area contributed by atoms with E-state index in [1.165, 1.54) is 0 Å². The molecular weight excluding hydrogens is 398 g/mol. The highest BCUT2D eigenvalue weighted by Crippen LogP contribution is 2.33. The number of pyridine rings is 1. The highest BCUT2D eigenvalue weighted by atomic mass is 16.5. The highest BCUT2D eigenvalue weighted by Gasteiger charge is 2.34. The van der Waals surface area contributed by atoms with Gasteiger partial charge in [0.2, 0.25) is 23.6 Å². The minimum Gasteiger partial charge on any atom is -0.468 e. The fraction of sp³-hybridized carbons (Fsp3) is 0.591. The molecule has 2 amide bonds. The molecule has 4 heterocycles. The molecule has 31 heavy (non-hydrogen) atoms. The van der Waals surface area contributed by atoms with Gasteiger partial charge in [0, 0.05) is 44.2 Å². The van der Waals surface area contributed by atoms with Crippen LogP contribution >= 0.6 is 0 Å². The summed E-state index contributed by atoms with van der Waals surface area (Å²) in [4.78, 5) is 32.5. The number of amides is 2. The van der Waals surface area contributed by atoms with E-state index in [2.05, 4.69) is 15.2 Å². The Morgan fingerprint density at radius 1 is 1.06 bits per heavy atom. The molecular formula is C22H29N5O4. The first-order chi connectivity index (χ1) is 15.2. The number of likely N-dealkylation sites (tertiary alicyclic amines) is 2. The van der Waals surface area contributed by atoms with Gasteiger partial charge >= 0.3 is 0 Å². The number of hydrogen-bond donors (Lipinski definition) is 0. The molecule has 0 aliphatic carbocycles. The third-order valence-corrected chi connectivity index (χ3v) is 6.05. The second-order valence-corrected chi connectivity index (χ2v) is 8.04. The molecule has 2 fully saturated rings. The summed E-state index contributed by atoms with van der Waals surface area (Å²) in [6.45, 7) is 3.89. The zero-order valence-corrected chi connectivity index (χ0v) is 17.9. The van der Waals surface area contributed by atoms with Gasteiger partial charge in [0.25, 0.3) is 5.91 Å². The van der Waals surface area contributed by atoms with Crippen LogP contribution in [0.3, 0.4) is 0 Å². The average molecular weight is 428 g/mol. The first kappa shape index (κ1) is 21.3. The lowest BCUT2D eigenvalue weighted by atomic mass is 9.96. The fourth-order valence-corrected chi connectivity index (χ4v) is 4.28. The van der Waals surface area contributed by atoms with E-state index in [0.29, 0.717) is 43.7 Å². The van der Waals surface area contributed by atoms with E-state index in [0.717, 1.165) is 32.1 Å². The molecule has 0 spiro atoms. The van der Waals surface area contributed by atoms with Crippen LogP contribution in [-0.2, 0) is 9.59 Å². The lowest BCUT2D eigenvalue weighted by Crippen LogP contribution is -2.41. The van der Waals surface area contributed by atoms with Crippen LogP contribution in [0.15, 0.2) is 28.8 Å². The summed E-state index contributed by atoms with van der Waals surface area (Å²) in [6.07, 6.45) is 6.54. The standard InChI is InChI=1S/C22H29N5O4/c1-2-19(28)26-13-9-16(10-14-26)21-24-25-22(31-21)17-7-4-6-12-27(17)20(29)15-30-18-8-3-5-11-23-18/h3,5,8,11,16-17H,2,4,6-7,9-10,12-15H2,1H3. The van der Waals surface area contributed by atoms with Gasteiger partial charge in [0.1, 0.15) is 6.04 Å². The zero-order chi connectivity index (χ0) is 21.6. The number of rotatable bonds is 6. The Bertz CT molecular complexity index is 879. The van der Waals surface area contributed by atoms with Crippen LogP contribution < -0.4 is 4.74 Å². The third kappa shape index (κ3) is 5.03. The number of carbonyl (C=O) groups excluding carboxylic acids is 2. The summed E-state index contributed by atoms with van der Waals surface area (Å²) in [5, 5.41) is 8.59. The Balaban J connectivity index is 1.38. The smallest absolute Gasteiger partial charge is 0.261 e. The van der Waals surface area contributed by atoms with Crippen LogP contribution in [-0.4, -0.2) is 63.0 Å². The maximum absolute atomic E-state index is 12.8. The van der Waals surface area contributed by atoms with Gasteiger partial charge in [-0.2, -0.15) is 0 Å². The first-order valence-corrected chi connectivity index (χ1v) is 11.1. The largest absolute Gasteiger partial charge is 0.468 e. The summed E-state index contributed by atoms with van der Waals surface area (Å²) in [7, 11) is 0. The molecule has 0 bridgehead atoms. The first-order valence-electron chi connectivity index (χ1n) is 11.1. The van der Waals surface area contributed by atoms with Crippen molar-refractivity contribution in [2.75, 3.05) is 26.2 Å². The van der Waals surface area contributed by atoms with Crippen molar-refractivity contribution < 1.29 is 18.7 Å². The number of piperidine rings is 2. The normalized spacial score (nSPS) is 20.0. The Labute approximate surface area is 181 Å². The molecule has 2 aromatic rings. The molecule has 166 valence electrons. The van der Waals surface area contributed by atoms with Crippen molar-refractivity contribution in [2.45, 2.75) is 57.4 Å². The Hall–Kier alpha value is -2.97. The van der Waals surface area contributed by atoms with Crippen molar-refractivity contribution in [3.63, 3.8) is 0 Å². The maximum Gasteiger partial charge on any atom is 0.261 e. The zero-order valence-electron chi connectivity index (χ0n) is 17.9. The van der Waals surface area contributed by atoms with E-state index in [1.54, 1.807) is 23.2 Å². The fourth-order valence-electron chi connectivity index (χ4n) is 4.28. The predicted octanol–water partition coefficient (Wildman–Crippen LogP) is 2.71. The summed E-state index contributed by atoms with van der Waals surface area (Å²) in [5.74, 6) is 1.77. The predicted molar refractivity (Wildman–Crippen MR) is 111 cm³/mol. The lowest BCUT2D eigenvalue weighted by molar-refractivity contribution is -0.138. The van der Waals surface area contributed by atoms with Crippen molar-refractivity contribution in [3.05, 3.63) is 36.2 Å². The third-order valence-electron chi connectivity index (χ3n) is 6.05. The van der Waals surface area contributed by atoms with Crippen molar-refractivity contribution in [2.24, 2.45) is 0 Å². The van der Waals surface area contributed by atoms with Gasteiger partial charge in [0.05, 0.1) is 0 Å². The molecule has 9 nitrogen and oxygen atoms in total. The van der Waals surface area contributed by atoms with Crippen LogP contribution in [0.1, 0.15) is 69.2 Å². The Morgan fingerprint density at radius 3 is 2.61 bits per heavy atom. The van der Waals surface area contributed by atoms with Gasteiger partial charge in [-0.05, 0) is 38.2 Å². The monoisotopic (exact) mass is 427 g/mol. The lowest BCUT2D eigenvalue weighted by Gasteiger charge is -2.33. The summed E-state index contributed by atoms with van der Waals surface area (Å²) < 4.78 is 11.6. The average Bonchev–Trinajstić information content (AvgIpc) is 3.33. The second-order valence-electron chi connectivity index (χ2n) is 8.04. The van der Waals surface area contributed by atoms with Gasteiger partial charge in [-0.25, -0.2) is 4.98 Å². The van der Waals surface area contributed by atoms with Crippen LogP contribution in [0, 0.1) is 0 Å². The van der Waals surface area contributed by atoms with Gasteiger partial charge in [-0.15, -0.1) is 10.2 Å². The minimum absolute atomic E-state index is 0.0710. The van der Waals surface area contributed by atoms with E-state index in [-0.39, 0.29) is 30.4 Å². The molecule has 2 aliphatic heterocycles. The number of nitrogens with zero attached hydrogens (tertiary/aromatic N) is 5. The van der Waals surface area contributed by atoms with Crippen molar-refractivity contribution in [3.8, 4) is 5.88 Å². The highest BCUT2D eigenvalue weighted by molar-refractivity contribution is 5.78. The summed E-state index contributed by atoms with van der Waals surface area (Å²) in [5.41, 5.74) is 0. The van der Waals surface area contributed by atoms with E-state index >= 15 is 0 Å². The molecule has 9 heteroatoms. The van der Waals surface area contributed by atoms with Gasteiger partial charge in [0.15, 0.2) is 6.61 Å². The Morgan fingerprint density at radius 2 is 1.87 bits per heavy atom. The molecule has 1 atom stereocenters. The van der Waals surface area contributed by atoms with E-state index < -0.39 is 0 Å². The van der Waals surface area contributed by atoms with Gasteiger partial charge in [-0.3, -0.25) is 9.59 Å². The van der Waals surface area contributed by atoms with Crippen LogP contribution in [0.5, 0.6) is 5.88 Å². The topological polar surface area (TPSA) is 102 Å². The van der Waals surface area contributed by atoms with Crippen molar-refractivity contribution >= 4 is 11.8 Å². The number of hydrogen-bond acceptors (Lipinski definition) is 7. The molecule has 0 N–H and O–H groups in total. The number of carbonyl (C=O) groups is 2. The van der Waals surface area contributed by atoms with E-state index in [9.17, 15) is 9.59 Å². The van der Waals surface area contributed by atoms with Crippen LogP contribution in [0.2, 0.25) is 0 Å². The van der Waals surface area contributed by atoms with Crippen LogP contribution in [0.4, 0.5) is 0 Å². The number of ether oxygens (including phenoxy) is 1. The molecule has 2 saturated heterocycles. The van der Waals surface area contributed by atoms with Gasteiger partial charge in [-0.1, -0.05) is 13.0 Å². The molecule has 2 aliphatic rings. The molecule has 2 aromatic heterocycles. The molecule has 0 aromatic carbocycles. The van der Waals surface area contributed by atoms with Crippen LogP contribution in [0.25, 0.3) is 0 Å². The quantitative estimate of drug-likeness (QED) is 0.698.